The predicted octanol–water partition coefficient (Wildman–Crippen LogP) is -1.99. The van der Waals surface area contributed by atoms with Gasteiger partial charge in [-0.3, -0.25) is 0 Å². The van der Waals surface area contributed by atoms with E-state index in [2.05, 4.69) is 4.74 Å². The molecule has 0 aromatic carbocycles. The van der Waals surface area contributed by atoms with E-state index < -0.39 is 30.7 Å². The number of alkyl halides is 2. The summed E-state index contributed by atoms with van der Waals surface area (Å²) < 4.78 is 28.9. The van der Waals surface area contributed by atoms with Crippen LogP contribution in [0.3, 0.4) is 0 Å². The molecule has 1 rings (SSSR count). The van der Waals surface area contributed by atoms with E-state index in [0.29, 0.717) is 0 Å². The Kier molecular flexibility index (Phi) is 2.09. The van der Waals surface area contributed by atoms with Crippen LogP contribution in [0.5, 0.6) is 0 Å². The molecule has 1 unspecified atom stereocenters. The molecular formula is C5H8F2O5. The molecule has 7 heteroatoms. The van der Waals surface area contributed by atoms with Crippen molar-refractivity contribution in [1.29, 1.82) is 0 Å². The molecule has 1 aliphatic rings. The third kappa shape index (κ3) is 1.19. The van der Waals surface area contributed by atoms with Crippen LogP contribution in [0.15, 0.2) is 0 Å². The summed E-state index contributed by atoms with van der Waals surface area (Å²) in [6.45, 7) is -0.805. The highest BCUT2D eigenvalue weighted by atomic mass is 19.2. The van der Waals surface area contributed by atoms with E-state index in [1.54, 1.807) is 0 Å². The number of rotatable bonds is 0. The Labute approximate surface area is 65.8 Å². The van der Waals surface area contributed by atoms with Gasteiger partial charge in [-0.15, -0.1) is 0 Å². The van der Waals surface area contributed by atoms with Crippen molar-refractivity contribution in [2.24, 2.45) is 0 Å². The molecule has 1 aliphatic heterocycles. The van der Waals surface area contributed by atoms with E-state index >= 15 is 0 Å². The Morgan fingerprint density at radius 3 is 2.17 bits per heavy atom. The molecule has 0 amide bonds. The van der Waals surface area contributed by atoms with Gasteiger partial charge >= 0.3 is 11.9 Å². The molecule has 5 nitrogen and oxygen atoms in total. The second-order valence-electron chi connectivity index (χ2n) is 2.56. The molecule has 12 heavy (non-hydrogen) atoms. The Hall–Kier alpha value is -0.340. The molecule has 0 aromatic heterocycles. The average molecular weight is 186 g/mol. The molecule has 4 atom stereocenters. The monoisotopic (exact) mass is 186 g/mol. The molecule has 0 saturated carbocycles. The Bertz CT molecular complexity index is 183. The van der Waals surface area contributed by atoms with Gasteiger partial charge in [0.05, 0.1) is 6.61 Å². The first-order valence-electron chi connectivity index (χ1n) is 3.11. The molecule has 1 saturated heterocycles. The quantitative estimate of drug-likeness (QED) is 0.351. The van der Waals surface area contributed by atoms with Crippen LogP contribution >= 0.6 is 0 Å². The molecule has 72 valence electrons. The molecule has 0 aromatic rings. The van der Waals surface area contributed by atoms with E-state index in [0.717, 1.165) is 0 Å². The van der Waals surface area contributed by atoms with Crippen molar-refractivity contribution in [1.82, 2.24) is 0 Å². The molecule has 1 fully saturated rings. The van der Waals surface area contributed by atoms with Crippen LogP contribution in [-0.2, 0) is 4.74 Å². The summed E-state index contributed by atoms with van der Waals surface area (Å²) in [4.78, 5) is 0. The van der Waals surface area contributed by atoms with Gasteiger partial charge in [-0.25, -0.2) is 0 Å². The first-order valence-corrected chi connectivity index (χ1v) is 3.11. The smallest absolute Gasteiger partial charge is 0.381 e. The number of hydrogen-bond donors (Lipinski definition) is 4. The van der Waals surface area contributed by atoms with Crippen LogP contribution in [0.25, 0.3) is 0 Å². The van der Waals surface area contributed by atoms with Gasteiger partial charge in [-0.1, -0.05) is 0 Å². The zero-order chi connectivity index (χ0) is 9.57. The first-order chi connectivity index (χ1) is 5.29. The fourth-order valence-electron chi connectivity index (χ4n) is 0.826. The Balaban J connectivity index is 2.88. The highest BCUT2D eigenvalue weighted by Gasteiger charge is 2.63. The van der Waals surface area contributed by atoms with Crippen LogP contribution in [0, 0.1) is 0 Å². The molecule has 1 heterocycles. The summed E-state index contributed by atoms with van der Waals surface area (Å²) in [5.74, 6) is -4.02. The maximum absolute atomic E-state index is 12.7. The zero-order valence-electron chi connectivity index (χ0n) is 5.81. The maximum atomic E-state index is 12.7. The second-order valence-corrected chi connectivity index (χ2v) is 2.56. The van der Waals surface area contributed by atoms with E-state index in [9.17, 15) is 8.78 Å². The van der Waals surface area contributed by atoms with Gasteiger partial charge in [-0.05, 0) is 0 Å². The molecule has 0 radical (unpaired) electrons. The van der Waals surface area contributed by atoms with Gasteiger partial charge in [0.15, 0.2) is 0 Å². The van der Waals surface area contributed by atoms with Gasteiger partial charge in [0.1, 0.15) is 12.2 Å². The fraction of sp³-hybridized carbons (Fsp3) is 1.00. The minimum Gasteiger partial charge on any atom is -0.388 e. The van der Waals surface area contributed by atoms with Crippen molar-refractivity contribution < 1.29 is 33.9 Å². The lowest BCUT2D eigenvalue weighted by Crippen LogP contribution is -2.65. The largest absolute Gasteiger partial charge is 0.388 e. The van der Waals surface area contributed by atoms with Crippen LogP contribution in [-0.4, -0.2) is 51.1 Å². The minimum atomic E-state index is -4.02. The maximum Gasteiger partial charge on any atom is 0.381 e. The van der Waals surface area contributed by atoms with E-state index in [1.807, 2.05) is 0 Å². The van der Waals surface area contributed by atoms with Crippen molar-refractivity contribution in [3.8, 4) is 0 Å². The van der Waals surface area contributed by atoms with Crippen molar-refractivity contribution >= 4 is 0 Å². The van der Waals surface area contributed by atoms with E-state index in [-0.39, 0.29) is 0 Å². The third-order valence-electron chi connectivity index (χ3n) is 1.63. The molecule has 0 aliphatic carbocycles. The molecule has 0 spiro atoms. The van der Waals surface area contributed by atoms with Crippen molar-refractivity contribution in [2.75, 3.05) is 6.61 Å². The highest BCUT2D eigenvalue weighted by Crippen LogP contribution is 2.35. The van der Waals surface area contributed by atoms with Crippen LogP contribution in [0.2, 0.25) is 0 Å². The lowest BCUT2D eigenvalue weighted by molar-refractivity contribution is -0.455. The van der Waals surface area contributed by atoms with Gasteiger partial charge in [0, 0.05) is 0 Å². The highest BCUT2D eigenvalue weighted by molar-refractivity contribution is 4.92. The number of hydrogen-bond acceptors (Lipinski definition) is 5. The summed E-state index contributed by atoms with van der Waals surface area (Å²) in [6, 6.07) is -3.99. The van der Waals surface area contributed by atoms with Crippen molar-refractivity contribution in [3.63, 3.8) is 0 Å². The fourth-order valence-corrected chi connectivity index (χ4v) is 0.826. The number of aliphatic hydroxyl groups is 4. The van der Waals surface area contributed by atoms with E-state index in [4.69, 9.17) is 20.4 Å². The van der Waals surface area contributed by atoms with Crippen LogP contribution < -0.4 is 0 Å². The van der Waals surface area contributed by atoms with Crippen LogP contribution in [0.1, 0.15) is 0 Å². The van der Waals surface area contributed by atoms with E-state index in [1.165, 1.54) is 0 Å². The Morgan fingerprint density at radius 2 is 1.75 bits per heavy atom. The minimum absolute atomic E-state index is 0.805. The summed E-state index contributed by atoms with van der Waals surface area (Å²) in [5, 5.41) is 34.3. The van der Waals surface area contributed by atoms with Gasteiger partial charge in [-0.2, -0.15) is 8.78 Å². The second kappa shape index (κ2) is 2.57. The number of ether oxygens (including phenoxy) is 1. The standard InChI is InChI=1S/C5H8F2O5/c6-4(10)3(9)2(8)1-12-5(4,7)11/h2-3,8-11H,1H2/t2-,3-,4-,5?/m1/s1. The third-order valence-corrected chi connectivity index (χ3v) is 1.63. The lowest BCUT2D eigenvalue weighted by atomic mass is 10.0. The number of aliphatic hydroxyl groups excluding tert-OH is 2. The van der Waals surface area contributed by atoms with Crippen LogP contribution in [0.4, 0.5) is 8.78 Å². The van der Waals surface area contributed by atoms with Gasteiger partial charge in [0.2, 0.25) is 0 Å². The molecule has 4 N–H and O–H groups in total. The first kappa shape index (κ1) is 9.75. The summed E-state index contributed by atoms with van der Waals surface area (Å²) in [7, 11) is 0. The topological polar surface area (TPSA) is 90.2 Å². The van der Waals surface area contributed by atoms with Gasteiger partial charge < -0.3 is 25.2 Å². The summed E-state index contributed by atoms with van der Waals surface area (Å²) in [6.07, 6.45) is -4.22. The summed E-state index contributed by atoms with van der Waals surface area (Å²) >= 11 is 0. The average Bonchev–Trinajstić information content (AvgIpc) is 1.96. The predicted molar refractivity (Wildman–Crippen MR) is 30.1 cm³/mol. The van der Waals surface area contributed by atoms with Gasteiger partial charge in [0.25, 0.3) is 0 Å². The lowest BCUT2D eigenvalue weighted by Gasteiger charge is -2.39. The molecular weight excluding hydrogens is 178 g/mol. The Morgan fingerprint density at radius 1 is 1.25 bits per heavy atom. The zero-order valence-corrected chi connectivity index (χ0v) is 5.81. The van der Waals surface area contributed by atoms with Crippen molar-refractivity contribution in [3.05, 3.63) is 0 Å². The normalized spacial score (nSPS) is 55.5. The SMILES string of the molecule is O[C@@H]1COC(O)(F)[C@@](O)(F)[C@@H]1O. The molecule has 0 bridgehead atoms. The summed E-state index contributed by atoms with van der Waals surface area (Å²) in [5.41, 5.74) is 0. The number of halogens is 2. The van der Waals surface area contributed by atoms with Crippen molar-refractivity contribution in [2.45, 2.75) is 24.1 Å².